The number of hydrogen-bond acceptors (Lipinski definition) is 7. The van der Waals surface area contributed by atoms with E-state index in [1.807, 2.05) is 24.3 Å². The van der Waals surface area contributed by atoms with Crippen LogP contribution in [0.15, 0.2) is 24.3 Å². The van der Waals surface area contributed by atoms with Gasteiger partial charge in [-0.15, -0.1) is 12.4 Å². The van der Waals surface area contributed by atoms with E-state index in [0.29, 0.717) is 34.2 Å². The number of carbonyl (C=O) groups excluding carboxylic acids is 2. The van der Waals surface area contributed by atoms with Crippen LogP contribution in [-0.2, 0) is 17.6 Å². The summed E-state index contributed by atoms with van der Waals surface area (Å²) >= 11 is 1.13. The molecule has 32 heavy (non-hydrogen) atoms. The Morgan fingerprint density at radius 3 is 2.38 bits per heavy atom. The lowest BCUT2D eigenvalue weighted by molar-refractivity contribution is -0.114. The summed E-state index contributed by atoms with van der Waals surface area (Å²) in [4.78, 5) is 31.0. The molecule has 2 heterocycles. The molecule has 176 valence electrons. The Bertz CT molecular complexity index is 973. The number of thiazole rings is 1. The molecular weight excluding hydrogens is 476 g/mol. The summed E-state index contributed by atoms with van der Waals surface area (Å²) in [6.45, 7) is 1.94. The van der Waals surface area contributed by atoms with Crippen LogP contribution < -0.4 is 16.4 Å². The number of nitrogens with two attached hydrogens (primary N) is 1. The molecule has 2 aromatic rings. The van der Waals surface area contributed by atoms with Gasteiger partial charge in [0.15, 0.2) is 11.1 Å². The lowest BCUT2D eigenvalue weighted by atomic mass is 10.1. The summed E-state index contributed by atoms with van der Waals surface area (Å²) in [5.74, 6) is -0.263. The molecule has 0 spiro atoms. The van der Waals surface area contributed by atoms with Crippen molar-refractivity contribution < 1.29 is 18.7 Å². The van der Waals surface area contributed by atoms with E-state index in [2.05, 4.69) is 15.6 Å². The molecule has 0 saturated carbocycles. The maximum atomic E-state index is 13.1. The molecule has 0 unspecified atom stereocenters. The highest BCUT2D eigenvalue weighted by Gasteiger charge is 2.29. The van der Waals surface area contributed by atoms with Crippen LogP contribution in [-0.4, -0.2) is 61.4 Å². The standard InChI is InChI=1S/C19H26N6O4S2.ClH/c1-12(26)22-19-24-15(7-4-13-2-5-14(6-3-13)23-18(20)21)16(30-19)17(27)25-8-10-31(28,29)11-9-25;/h2-3,5-6,28-29H,4,7-11H2,1H3,(H4,20,21,23)(H,22,24,26);1H. The average molecular weight is 503 g/mol. The molecule has 3 rings (SSSR count). The fourth-order valence-corrected chi connectivity index (χ4v) is 5.39. The molecule has 0 aliphatic carbocycles. The minimum Gasteiger partial charge on any atom is -0.370 e. The van der Waals surface area contributed by atoms with Crippen molar-refractivity contribution in [3.63, 3.8) is 0 Å². The SMILES string of the molecule is CC(=O)Nc1nc(CCc2ccc(NC(=N)N)cc2)c(C(=O)N2CCS(O)(O)CC2)s1.Cl. The van der Waals surface area contributed by atoms with Crippen molar-refractivity contribution in [1.29, 1.82) is 5.41 Å². The van der Waals surface area contributed by atoms with E-state index in [4.69, 9.17) is 11.1 Å². The van der Waals surface area contributed by atoms with Gasteiger partial charge in [-0.05, 0) is 30.5 Å². The molecule has 7 N–H and O–H groups in total. The van der Waals surface area contributed by atoms with E-state index in [-0.39, 0.29) is 54.8 Å². The van der Waals surface area contributed by atoms with Crippen molar-refractivity contribution in [1.82, 2.24) is 9.88 Å². The van der Waals surface area contributed by atoms with Crippen LogP contribution in [0.4, 0.5) is 10.8 Å². The number of nitrogens with one attached hydrogen (secondary N) is 3. The number of amides is 2. The van der Waals surface area contributed by atoms with Gasteiger partial charge in [-0.25, -0.2) is 4.98 Å². The number of benzene rings is 1. The van der Waals surface area contributed by atoms with Crippen LogP contribution in [0, 0.1) is 5.41 Å². The Labute approximate surface area is 197 Å². The molecule has 2 amide bonds. The summed E-state index contributed by atoms with van der Waals surface area (Å²) in [7, 11) is -2.60. The van der Waals surface area contributed by atoms with Gasteiger partial charge < -0.3 is 21.3 Å². The zero-order chi connectivity index (χ0) is 22.6. The van der Waals surface area contributed by atoms with Gasteiger partial charge in [-0.2, -0.15) is 10.6 Å². The molecule has 0 atom stereocenters. The number of aryl methyl sites for hydroxylation is 2. The highest BCUT2D eigenvalue weighted by atomic mass is 35.5. The minimum absolute atomic E-state index is 0. The van der Waals surface area contributed by atoms with Crippen molar-refractivity contribution >= 4 is 62.9 Å². The normalized spacial score (nSPS) is 15.9. The smallest absolute Gasteiger partial charge is 0.266 e. The van der Waals surface area contributed by atoms with Crippen LogP contribution >= 0.6 is 34.3 Å². The van der Waals surface area contributed by atoms with E-state index in [9.17, 15) is 18.7 Å². The van der Waals surface area contributed by atoms with Crippen molar-refractivity contribution in [2.24, 2.45) is 5.73 Å². The minimum atomic E-state index is -2.60. The molecule has 1 aliphatic rings. The van der Waals surface area contributed by atoms with Crippen LogP contribution in [0.1, 0.15) is 27.9 Å². The first-order valence-corrected chi connectivity index (χ1v) is 12.3. The highest BCUT2D eigenvalue weighted by molar-refractivity contribution is 8.24. The van der Waals surface area contributed by atoms with E-state index < -0.39 is 10.6 Å². The summed E-state index contributed by atoms with van der Waals surface area (Å²) < 4.78 is 19.6. The molecule has 1 aromatic heterocycles. The fraction of sp³-hybridized carbons (Fsp3) is 0.368. The second kappa shape index (κ2) is 11.0. The molecule has 0 radical (unpaired) electrons. The Morgan fingerprint density at radius 2 is 1.81 bits per heavy atom. The number of hydrogen-bond donors (Lipinski definition) is 6. The first-order chi connectivity index (χ1) is 14.6. The number of halogens is 1. The monoisotopic (exact) mass is 502 g/mol. The Kier molecular flexibility index (Phi) is 8.87. The highest BCUT2D eigenvalue weighted by Crippen LogP contribution is 2.40. The zero-order valence-electron chi connectivity index (χ0n) is 17.5. The maximum Gasteiger partial charge on any atom is 0.266 e. The maximum absolute atomic E-state index is 13.1. The molecule has 1 aromatic carbocycles. The van der Waals surface area contributed by atoms with Crippen LogP contribution in [0.5, 0.6) is 0 Å². The van der Waals surface area contributed by atoms with Gasteiger partial charge in [0.05, 0.1) is 17.2 Å². The lowest BCUT2D eigenvalue weighted by Crippen LogP contribution is -2.42. The number of carbonyl (C=O) groups is 2. The third-order valence-corrected chi connectivity index (χ3v) is 7.40. The van der Waals surface area contributed by atoms with Crippen molar-refractivity contribution in [2.45, 2.75) is 19.8 Å². The van der Waals surface area contributed by atoms with Gasteiger partial charge in [0.1, 0.15) is 4.88 Å². The number of anilines is 2. The lowest BCUT2D eigenvalue weighted by Gasteiger charge is -2.40. The molecule has 1 aliphatic heterocycles. The van der Waals surface area contributed by atoms with Gasteiger partial charge in [-0.1, -0.05) is 23.5 Å². The van der Waals surface area contributed by atoms with Crippen molar-refractivity contribution in [3.8, 4) is 0 Å². The van der Waals surface area contributed by atoms with Crippen LogP contribution in [0.25, 0.3) is 0 Å². The Balaban J connectivity index is 0.00000363. The number of guanidine groups is 1. The second-order valence-corrected chi connectivity index (χ2v) is 10.6. The first-order valence-electron chi connectivity index (χ1n) is 9.63. The van der Waals surface area contributed by atoms with E-state index >= 15 is 0 Å². The molecule has 1 fully saturated rings. The topological polar surface area (TPSA) is 165 Å². The summed E-state index contributed by atoms with van der Waals surface area (Å²) in [5.41, 5.74) is 7.66. The molecular formula is C19H27ClN6O4S2. The van der Waals surface area contributed by atoms with E-state index in [1.165, 1.54) is 6.92 Å². The van der Waals surface area contributed by atoms with E-state index in [0.717, 1.165) is 16.9 Å². The van der Waals surface area contributed by atoms with Gasteiger partial charge in [-0.3, -0.25) is 24.1 Å². The summed E-state index contributed by atoms with van der Waals surface area (Å²) in [6.07, 6.45) is 1.13. The van der Waals surface area contributed by atoms with Crippen LogP contribution in [0.2, 0.25) is 0 Å². The summed E-state index contributed by atoms with van der Waals surface area (Å²) in [6, 6.07) is 7.45. The van der Waals surface area contributed by atoms with E-state index in [1.54, 1.807) is 4.90 Å². The average Bonchev–Trinajstić information content (AvgIpc) is 3.08. The Hall–Kier alpha value is -2.38. The predicted octanol–water partition coefficient (Wildman–Crippen LogP) is 2.82. The molecule has 10 nitrogen and oxygen atoms in total. The second-order valence-electron chi connectivity index (χ2n) is 7.21. The summed E-state index contributed by atoms with van der Waals surface area (Å²) in [5, 5.41) is 13.0. The zero-order valence-corrected chi connectivity index (χ0v) is 19.9. The molecule has 13 heteroatoms. The third-order valence-electron chi connectivity index (χ3n) is 4.72. The number of rotatable bonds is 6. The number of nitrogens with zero attached hydrogens (tertiary/aromatic N) is 2. The van der Waals surface area contributed by atoms with Crippen molar-refractivity contribution in [2.75, 3.05) is 35.2 Å². The largest absolute Gasteiger partial charge is 0.370 e. The number of aromatic nitrogens is 1. The molecule has 0 bridgehead atoms. The van der Waals surface area contributed by atoms with Gasteiger partial charge >= 0.3 is 0 Å². The predicted molar refractivity (Wildman–Crippen MR) is 132 cm³/mol. The quantitative estimate of drug-likeness (QED) is 0.261. The third kappa shape index (κ3) is 7.07. The molecule has 1 saturated heterocycles. The van der Waals surface area contributed by atoms with Gasteiger partial charge in [0.2, 0.25) is 5.91 Å². The van der Waals surface area contributed by atoms with Gasteiger partial charge in [0, 0.05) is 25.7 Å². The fourth-order valence-electron chi connectivity index (χ4n) is 3.14. The Morgan fingerprint density at radius 1 is 1.19 bits per heavy atom. The van der Waals surface area contributed by atoms with Crippen LogP contribution in [0.3, 0.4) is 0 Å². The van der Waals surface area contributed by atoms with Crippen molar-refractivity contribution in [3.05, 3.63) is 40.4 Å². The van der Waals surface area contributed by atoms with Gasteiger partial charge in [0.25, 0.3) is 5.91 Å². The first kappa shape index (κ1) is 25.9.